The monoisotopic (exact) mass is 411 g/mol. The number of hydrogen-bond acceptors (Lipinski definition) is 3. The SMILES string of the molecule is CCN(Cc1ccc(Cl)s1)S(=O)(=O)c1ccc(Br)c(F)c1. The van der Waals surface area contributed by atoms with Crippen molar-refractivity contribution in [1.29, 1.82) is 0 Å². The summed E-state index contributed by atoms with van der Waals surface area (Å²) in [5, 5.41) is 0. The minimum Gasteiger partial charge on any atom is -0.207 e. The van der Waals surface area contributed by atoms with Crippen LogP contribution < -0.4 is 0 Å². The molecule has 3 nitrogen and oxygen atoms in total. The van der Waals surface area contributed by atoms with Gasteiger partial charge in [-0.1, -0.05) is 18.5 Å². The zero-order chi connectivity index (χ0) is 15.6. The average Bonchev–Trinajstić information content (AvgIpc) is 2.84. The molecular weight excluding hydrogens is 401 g/mol. The van der Waals surface area contributed by atoms with Crippen LogP contribution in [0.3, 0.4) is 0 Å². The molecule has 0 atom stereocenters. The van der Waals surface area contributed by atoms with Gasteiger partial charge >= 0.3 is 0 Å². The van der Waals surface area contributed by atoms with Gasteiger partial charge in [0.25, 0.3) is 0 Å². The van der Waals surface area contributed by atoms with Crippen LogP contribution in [-0.4, -0.2) is 19.3 Å². The molecule has 0 unspecified atom stereocenters. The number of thiophene rings is 1. The quantitative estimate of drug-likeness (QED) is 0.724. The molecule has 1 aromatic carbocycles. The van der Waals surface area contributed by atoms with Gasteiger partial charge in [0, 0.05) is 18.0 Å². The Morgan fingerprint density at radius 3 is 2.57 bits per heavy atom. The maximum atomic E-state index is 13.6. The summed E-state index contributed by atoms with van der Waals surface area (Å²) in [4.78, 5) is 0.774. The van der Waals surface area contributed by atoms with Crippen LogP contribution in [-0.2, 0) is 16.6 Å². The van der Waals surface area contributed by atoms with E-state index in [1.54, 1.807) is 19.1 Å². The fraction of sp³-hybridized carbons (Fsp3) is 0.231. The lowest BCUT2D eigenvalue weighted by Gasteiger charge is -2.20. The number of benzene rings is 1. The molecule has 21 heavy (non-hydrogen) atoms. The fourth-order valence-corrected chi connectivity index (χ4v) is 4.63. The van der Waals surface area contributed by atoms with Gasteiger partial charge in [0.1, 0.15) is 5.82 Å². The van der Waals surface area contributed by atoms with Crippen LogP contribution >= 0.6 is 38.9 Å². The Kier molecular flexibility index (Phi) is 5.43. The van der Waals surface area contributed by atoms with E-state index in [-0.39, 0.29) is 22.5 Å². The fourth-order valence-electron chi connectivity index (χ4n) is 1.76. The molecule has 1 heterocycles. The molecule has 114 valence electrons. The van der Waals surface area contributed by atoms with Gasteiger partial charge in [0.2, 0.25) is 10.0 Å². The third kappa shape index (κ3) is 3.84. The first-order valence-electron chi connectivity index (χ1n) is 6.04. The molecule has 0 aliphatic carbocycles. The predicted octanol–water partition coefficient (Wildman–Crippen LogP) is 4.51. The van der Waals surface area contributed by atoms with Gasteiger partial charge in [-0.15, -0.1) is 11.3 Å². The number of nitrogens with zero attached hydrogens (tertiary/aromatic N) is 1. The van der Waals surface area contributed by atoms with E-state index < -0.39 is 15.8 Å². The van der Waals surface area contributed by atoms with Gasteiger partial charge in [-0.2, -0.15) is 4.31 Å². The second kappa shape index (κ2) is 6.75. The van der Waals surface area contributed by atoms with E-state index in [1.807, 2.05) is 0 Å². The standard InChI is InChI=1S/C13H12BrClFNO2S2/c1-2-17(8-9-3-6-13(15)20-9)21(18,19)10-4-5-11(14)12(16)7-10/h3-7H,2,8H2,1H3. The molecule has 0 saturated heterocycles. The molecule has 0 fully saturated rings. The topological polar surface area (TPSA) is 37.4 Å². The normalized spacial score (nSPS) is 12.0. The Morgan fingerprint density at radius 2 is 2.05 bits per heavy atom. The number of halogens is 3. The van der Waals surface area contributed by atoms with E-state index in [2.05, 4.69) is 15.9 Å². The predicted molar refractivity (Wildman–Crippen MR) is 86.7 cm³/mol. The summed E-state index contributed by atoms with van der Waals surface area (Å²) in [7, 11) is -3.74. The zero-order valence-corrected chi connectivity index (χ0v) is 15.0. The van der Waals surface area contributed by atoms with Gasteiger partial charge in [-0.3, -0.25) is 0 Å². The van der Waals surface area contributed by atoms with Gasteiger partial charge in [-0.05, 0) is 46.3 Å². The maximum absolute atomic E-state index is 13.6. The summed E-state index contributed by atoms with van der Waals surface area (Å²) in [5.74, 6) is -0.605. The van der Waals surface area contributed by atoms with Crippen LogP contribution in [0.1, 0.15) is 11.8 Å². The Morgan fingerprint density at radius 1 is 1.33 bits per heavy atom. The second-order valence-electron chi connectivity index (χ2n) is 4.21. The van der Waals surface area contributed by atoms with Crippen LogP contribution in [0.25, 0.3) is 0 Å². The van der Waals surface area contributed by atoms with Crippen LogP contribution in [0.5, 0.6) is 0 Å². The van der Waals surface area contributed by atoms with E-state index in [4.69, 9.17) is 11.6 Å². The summed E-state index contributed by atoms with van der Waals surface area (Å²) in [5.41, 5.74) is 0. The van der Waals surface area contributed by atoms with Crippen molar-refractivity contribution in [3.63, 3.8) is 0 Å². The average molecular weight is 413 g/mol. The summed E-state index contributed by atoms with van der Waals surface area (Å²) in [6.07, 6.45) is 0. The smallest absolute Gasteiger partial charge is 0.207 e. The van der Waals surface area contributed by atoms with Crippen molar-refractivity contribution in [2.45, 2.75) is 18.4 Å². The van der Waals surface area contributed by atoms with Crippen molar-refractivity contribution in [2.24, 2.45) is 0 Å². The van der Waals surface area contributed by atoms with E-state index in [0.717, 1.165) is 10.9 Å². The minimum absolute atomic E-state index is 0.0623. The third-order valence-electron chi connectivity index (χ3n) is 2.84. The molecule has 0 spiro atoms. The highest BCUT2D eigenvalue weighted by Crippen LogP contribution is 2.26. The number of hydrogen-bond donors (Lipinski definition) is 0. The first-order valence-corrected chi connectivity index (χ1v) is 9.46. The minimum atomic E-state index is -3.74. The summed E-state index contributed by atoms with van der Waals surface area (Å²) < 4.78 is 40.8. The molecule has 0 radical (unpaired) electrons. The largest absolute Gasteiger partial charge is 0.243 e. The lowest BCUT2D eigenvalue weighted by Crippen LogP contribution is -2.30. The molecule has 0 saturated carbocycles. The number of rotatable bonds is 5. The maximum Gasteiger partial charge on any atom is 0.243 e. The second-order valence-corrected chi connectivity index (χ2v) is 8.80. The van der Waals surface area contributed by atoms with Gasteiger partial charge in [0.05, 0.1) is 13.7 Å². The van der Waals surface area contributed by atoms with Gasteiger partial charge in [-0.25, -0.2) is 12.8 Å². The zero-order valence-electron chi connectivity index (χ0n) is 11.0. The Bertz CT molecular complexity index is 748. The molecule has 8 heteroatoms. The van der Waals surface area contributed by atoms with Crippen molar-refractivity contribution >= 4 is 48.9 Å². The Hall–Kier alpha value is -0.470. The van der Waals surface area contributed by atoms with Crippen molar-refractivity contribution in [2.75, 3.05) is 6.54 Å². The lowest BCUT2D eigenvalue weighted by molar-refractivity contribution is 0.426. The highest BCUT2D eigenvalue weighted by atomic mass is 79.9. The highest BCUT2D eigenvalue weighted by molar-refractivity contribution is 9.10. The molecule has 0 bridgehead atoms. The molecule has 0 N–H and O–H groups in total. The van der Waals surface area contributed by atoms with Crippen LogP contribution in [0.15, 0.2) is 39.7 Å². The molecule has 0 amide bonds. The first kappa shape index (κ1) is 16.9. The van der Waals surface area contributed by atoms with Crippen molar-refractivity contribution in [3.05, 3.63) is 49.8 Å². The van der Waals surface area contributed by atoms with E-state index in [0.29, 0.717) is 4.34 Å². The highest BCUT2D eigenvalue weighted by Gasteiger charge is 2.24. The van der Waals surface area contributed by atoms with Crippen molar-refractivity contribution in [3.8, 4) is 0 Å². The lowest BCUT2D eigenvalue weighted by atomic mass is 10.3. The molecule has 0 aliphatic rings. The van der Waals surface area contributed by atoms with Crippen LogP contribution in [0.2, 0.25) is 4.34 Å². The Balaban J connectivity index is 2.32. The molecule has 2 rings (SSSR count). The van der Waals surface area contributed by atoms with Gasteiger partial charge in [0.15, 0.2) is 0 Å². The van der Waals surface area contributed by atoms with Gasteiger partial charge < -0.3 is 0 Å². The number of sulfonamides is 1. The molecule has 0 aliphatic heterocycles. The van der Waals surface area contributed by atoms with E-state index >= 15 is 0 Å². The van der Waals surface area contributed by atoms with E-state index in [1.165, 1.54) is 27.8 Å². The summed E-state index contributed by atoms with van der Waals surface area (Å²) in [6, 6.07) is 7.29. The van der Waals surface area contributed by atoms with Crippen LogP contribution in [0.4, 0.5) is 4.39 Å². The summed E-state index contributed by atoms with van der Waals surface area (Å²) in [6.45, 7) is 2.24. The summed E-state index contributed by atoms with van der Waals surface area (Å²) >= 11 is 10.2. The third-order valence-corrected chi connectivity index (χ3v) is 6.62. The first-order chi connectivity index (χ1) is 9.84. The van der Waals surface area contributed by atoms with E-state index in [9.17, 15) is 12.8 Å². The van der Waals surface area contributed by atoms with Crippen molar-refractivity contribution in [1.82, 2.24) is 4.31 Å². The van der Waals surface area contributed by atoms with Crippen molar-refractivity contribution < 1.29 is 12.8 Å². The molecule has 2 aromatic rings. The molecular formula is C13H12BrClFNO2S2. The Labute approximate surface area is 140 Å². The van der Waals surface area contributed by atoms with Crippen LogP contribution in [0, 0.1) is 5.82 Å². The molecule has 1 aromatic heterocycles.